The van der Waals surface area contributed by atoms with Crippen molar-refractivity contribution in [3.8, 4) is 0 Å². The Kier molecular flexibility index (Phi) is 3.19. The lowest BCUT2D eigenvalue weighted by atomic mass is 9.95. The molecule has 1 aromatic heterocycles. The minimum Gasteiger partial charge on any atom is -0.358 e. The van der Waals surface area contributed by atoms with E-state index < -0.39 is 0 Å². The van der Waals surface area contributed by atoms with E-state index in [4.69, 9.17) is 0 Å². The Hall–Kier alpha value is -2.55. The van der Waals surface area contributed by atoms with E-state index in [1.165, 1.54) is 29.5 Å². The standard InChI is InChI=1S/C19H18N2O/c22-19(20-13-7-2-1-3-8-13)16-11-6-10-15-14-9-4-5-12-17(14)21-18(15)16/h1-3,6-8,10-11,21H,4-5,9,12H2,(H,20,22). The first-order valence-corrected chi connectivity index (χ1v) is 7.82. The van der Waals surface area contributed by atoms with E-state index >= 15 is 0 Å². The van der Waals surface area contributed by atoms with Gasteiger partial charge in [0, 0.05) is 16.8 Å². The Morgan fingerprint density at radius 1 is 0.955 bits per heavy atom. The third kappa shape index (κ3) is 2.19. The van der Waals surface area contributed by atoms with Gasteiger partial charge in [0.15, 0.2) is 0 Å². The van der Waals surface area contributed by atoms with Crippen molar-refractivity contribution >= 4 is 22.5 Å². The predicted octanol–water partition coefficient (Wildman–Crippen LogP) is 4.30. The normalized spacial score (nSPS) is 13.8. The number of aryl methyl sites for hydroxylation is 2. The zero-order chi connectivity index (χ0) is 14.9. The number of hydrogen-bond acceptors (Lipinski definition) is 1. The average Bonchev–Trinajstić information content (AvgIpc) is 2.94. The molecule has 110 valence electrons. The molecule has 1 amide bonds. The van der Waals surface area contributed by atoms with Crippen LogP contribution in [-0.2, 0) is 12.8 Å². The van der Waals surface area contributed by atoms with E-state index in [-0.39, 0.29) is 5.91 Å². The van der Waals surface area contributed by atoms with Crippen LogP contribution in [0.25, 0.3) is 10.9 Å². The molecule has 2 N–H and O–H groups in total. The predicted molar refractivity (Wildman–Crippen MR) is 89.3 cm³/mol. The maximum absolute atomic E-state index is 12.6. The largest absolute Gasteiger partial charge is 0.358 e. The molecule has 3 aromatic rings. The number of amides is 1. The maximum atomic E-state index is 12.6. The van der Waals surface area contributed by atoms with Crippen LogP contribution in [0.3, 0.4) is 0 Å². The second kappa shape index (κ2) is 5.34. The first-order chi connectivity index (χ1) is 10.8. The fourth-order valence-corrected chi connectivity index (χ4v) is 3.34. The molecule has 3 nitrogen and oxygen atoms in total. The molecule has 1 aliphatic rings. The minimum atomic E-state index is -0.0598. The molecule has 0 saturated heterocycles. The number of carbonyl (C=O) groups excluding carboxylic acids is 1. The number of carbonyl (C=O) groups is 1. The van der Waals surface area contributed by atoms with Crippen LogP contribution in [0.5, 0.6) is 0 Å². The lowest BCUT2D eigenvalue weighted by Gasteiger charge is -2.10. The molecular formula is C19H18N2O. The second-order valence-corrected chi connectivity index (χ2v) is 5.84. The highest BCUT2D eigenvalue weighted by molar-refractivity contribution is 6.12. The summed E-state index contributed by atoms with van der Waals surface area (Å²) in [6.07, 6.45) is 4.66. The fourth-order valence-electron chi connectivity index (χ4n) is 3.34. The molecule has 0 bridgehead atoms. The molecule has 0 radical (unpaired) electrons. The summed E-state index contributed by atoms with van der Waals surface area (Å²) in [7, 11) is 0. The summed E-state index contributed by atoms with van der Waals surface area (Å²) in [6, 6.07) is 15.6. The fraction of sp³-hybridized carbons (Fsp3) is 0.211. The molecule has 2 aromatic carbocycles. The summed E-state index contributed by atoms with van der Waals surface area (Å²) in [5.41, 5.74) is 5.22. The van der Waals surface area contributed by atoms with Crippen LogP contribution in [0.15, 0.2) is 48.5 Å². The SMILES string of the molecule is O=C(Nc1ccccc1)c1cccc2c3c([nH]c12)CCCC3. The molecule has 0 fully saturated rings. The first-order valence-electron chi connectivity index (χ1n) is 7.82. The van der Waals surface area contributed by atoms with Gasteiger partial charge in [0.2, 0.25) is 0 Å². The molecule has 4 rings (SSSR count). The lowest BCUT2D eigenvalue weighted by Crippen LogP contribution is -2.12. The van der Waals surface area contributed by atoms with Crippen LogP contribution in [0.2, 0.25) is 0 Å². The average molecular weight is 290 g/mol. The van der Waals surface area contributed by atoms with Crippen molar-refractivity contribution in [1.29, 1.82) is 0 Å². The number of rotatable bonds is 2. The number of aromatic amines is 1. The number of fused-ring (bicyclic) bond motifs is 3. The summed E-state index contributed by atoms with van der Waals surface area (Å²) in [5.74, 6) is -0.0598. The second-order valence-electron chi connectivity index (χ2n) is 5.84. The topological polar surface area (TPSA) is 44.9 Å². The summed E-state index contributed by atoms with van der Waals surface area (Å²) in [6.45, 7) is 0. The van der Waals surface area contributed by atoms with E-state index in [1.807, 2.05) is 42.5 Å². The molecule has 0 saturated carbocycles. The Labute approximate surface area is 129 Å². The van der Waals surface area contributed by atoms with E-state index in [0.717, 1.165) is 29.6 Å². The van der Waals surface area contributed by atoms with Gasteiger partial charge in [-0.1, -0.05) is 30.3 Å². The highest BCUT2D eigenvalue weighted by Gasteiger charge is 2.19. The van der Waals surface area contributed by atoms with Crippen LogP contribution in [0.1, 0.15) is 34.5 Å². The van der Waals surface area contributed by atoms with E-state index in [0.29, 0.717) is 0 Å². The van der Waals surface area contributed by atoms with Crippen molar-refractivity contribution in [3.63, 3.8) is 0 Å². The van der Waals surface area contributed by atoms with Crippen LogP contribution in [-0.4, -0.2) is 10.9 Å². The van der Waals surface area contributed by atoms with Crippen molar-refractivity contribution in [1.82, 2.24) is 4.98 Å². The monoisotopic (exact) mass is 290 g/mol. The Morgan fingerprint density at radius 3 is 2.64 bits per heavy atom. The molecule has 0 atom stereocenters. The summed E-state index contributed by atoms with van der Waals surface area (Å²) in [4.78, 5) is 16.1. The molecule has 0 aliphatic heterocycles. The number of H-pyrrole nitrogens is 1. The van der Waals surface area contributed by atoms with Gasteiger partial charge in [0.1, 0.15) is 0 Å². The van der Waals surface area contributed by atoms with Gasteiger partial charge >= 0.3 is 0 Å². The Morgan fingerprint density at radius 2 is 1.77 bits per heavy atom. The minimum absolute atomic E-state index is 0.0598. The van der Waals surface area contributed by atoms with Gasteiger partial charge in [-0.2, -0.15) is 0 Å². The lowest BCUT2D eigenvalue weighted by molar-refractivity contribution is 0.102. The summed E-state index contributed by atoms with van der Waals surface area (Å²) in [5, 5.41) is 4.18. The third-order valence-electron chi connectivity index (χ3n) is 4.41. The van der Waals surface area contributed by atoms with Crippen molar-refractivity contribution in [3.05, 3.63) is 65.4 Å². The number of aromatic nitrogens is 1. The zero-order valence-corrected chi connectivity index (χ0v) is 12.4. The Bertz CT molecular complexity index is 833. The number of benzene rings is 2. The quantitative estimate of drug-likeness (QED) is 0.726. The highest BCUT2D eigenvalue weighted by atomic mass is 16.1. The van der Waals surface area contributed by atoms with Gasteiger partial charge in [-0.25, -0.2) is 0 Å². The summed E-state index contributed by atoms with van der Waals surface area (Å²) >= 11 is 0. The van der Waals surface area contributed by atoms with E-state index in [2.05, 4.69) is 16.4 Å². The van der Waals surface area contributed by atoms with Crippen molar-refractivity contribution < 1.29 is 4.79 Å². The van der Waals surface area contributed by atoms with Crippen molar-refractivity contribution in [2.24, 2.45) is 0 Å². The van der Waals surface area contributed by atoms with Crippen LogP contribution in [0, 0.1) is 0 Å². The number of para-hydroxylation sites is 2. The van der Waals surface area contributed by atoms with Crippen molar-refractivity contribution in [2.75, 3.05) is 5.32 Å². The maximum Gasteiger partial charge on any atom is 0.257 e. The molecule has 3 heteroatoms. The Balaban J connectivity index is 1.75. The van der Waals surface area contributed by atoms with Crippen molar-refractivity contribution in [2.45, 2.75) is 25.7 Å². The van der Waals surface area contributed by atoms with Gasteiger partial charge in [-0.05, 0) is 49.4 Å². The number of nitrogens with one attached hydrogen (secondary N) is 2. The number of anilines is 1. The number of hydrogen-bond donors (Lipinski definition) is 2. The zero-order valence-electron chi connectivity index (χ0n) is 12.4. The molecular weight excluding hydrogens is 272 g/mol. The van der Waals surface area contributed by atoms with Gasteiger partial charge in [-0.15, -0.1) is 0 Å². The van der Waals surface area contributed by atoms with Gasteiger partial charge < -0.3 is 10.3 Å². The van der Waals surface area contributed by atoms with Crippen LogP contribution < -0.4 is 5.32 Å². The molecule has 0 spiro atoms. The first kappa shape index (κ1) is 13.1. The van der Waals surface area contributed by atoms with Gasteiger partial charge in [0.25, 0.3) is 5.91 Å². The molecule has 1 heterocycles. The van der Waals surface area contributed by atoms with E-state index in [1.54, 1.807) is 0 Å². The molecule has 22 heavy (non-hydrogen) atoms. The van der Waals surface area contributed by atoms with Gasteiger partial charge in [-0.3, -0.25) is 4.79 Å². The summed E-state index contributed by atoms with van der Waals surface area (Å²) < 4.78 is 0. The van der Waals surface area contributed by atoms with Crippen LogP contribution >= 0.6 is 0 Å². The van der Waals surface area contributed by atoms with E-state index in [9.17, 15) is 4.79 Å². The third-order valence-corrected chi connectivity index (χ3v) is 4.41. The van der Waals surface area contributed by atoms with Gasteiger partial charge in [0.05, 0.1) is 11.1 Å². The highest BCUT2D eigenvalue weighted by Crippen LogP contribution is 2.31. The smallest absolute Gasteiger partial charge is 0.257 e. The van der Waals surface area contributed by atoms with Crippen LogP contribution in [0.4, 0.5) is 5.69 Å². The molecule has 1 aliphatic carbocycles. The molecule has 0 unspecified atom stereocenters.